The van der Waals surface area contributed by atoms with E-state index in [0.717, 1.165) is 33.4 Å². The number of hydrogen-bond acceptors (Lipinski definition) is 0. The van der Waals surface area contributed by atoms with Gasteiger partial charge in [0.15, 0.2) is 0 Å². The molecule has 8 aromatic carbocycles. The summed E-state index contributed by atoms with van der Waals surface area (Å²) in [5.74, 6) is 0. The number of hydrogen-bond donors (Lipinski definition) is 0. The molecule has 0 unspecified atom stereocenters. The maximum Gasteiger partial charge on any atom is 0.218 e. The zero-order valence-electron chi connectivity index (χ0n) is 25.6. The molecule has 1 aromatic heterocycles. The van der Waals surface area contributed by atoms with E-state index in [4.69, 9.17) is 6.57 Å². The number of para-hydroxylation sites is 3. The lowest BCUT2D eigenvalue weighted by Crippen LogP contribution is -1.95. The van der Waals surface area contributed by atoms with Crippen LogP contribution in [-0.2, 0) is 0 Å². The van der Waals surface area contributed by atoms with Gasteiger partial charge in [0.1, 0.15) is 0 Å². The van der Waals surface area contributed by atoms with E-state index in [9.17, 15) is 0 Å². The SMILES string of the molecule is [C-]#[N+]c1c(-c2ccc(-c3c4ccccc4c(-c4ccccc4)c4ccccc34)cc2)cccc1-n1c2ccccc2c2ccccc21. The average Bonchev–Trinajstić information content (AvgIpc) is 3.48. The summed E-state index contributed by atoms with van der Waals surface area (Å²) in [7, 11) is 0. The minimum atomic E-state index is 0.648. The standard InChI is InChI=1S/C45H28N2/c1-46-45-33(22-13-25-42(45)47-40-23-11-9-16-34(40)35-17-10-12-24-41(35)47)30-26-28-32(29-27-30)44-38-20-7-5-18-36(38)43(31-14-3-2-4-15-31)37-19-6-8-21-39(37)44/h2-29H. The van der Waals surface area contributed by atoms with Gasteiger partial charge >= 0.3 is 0 Å². The van der Waals surface area contributed by atoms with Gasteiger partial charge in [0.2, 0.25) is 5.69 Å². The van der Waals surface area contributed by atoms with E-state index in [-0.39, 0.29) is 0 Å². The van der Waals surface area contributed by atoms with Gasteiger partial charge in [0.05, 0.1) is 23.3 Å². The third kappa shape index (κ3) is 4.18. The third-order valence-electron chi connectivity index (χ3n) is 9.43. The van der Waals surface area contributed by atoms with Crippen molar-refractivity contribution in [2.75, 3.05) is 0 Å². The summed E-state index contributed by atoms with van der Waals surface area (Å²) in [5, 5.41) is 7.32. The Morgan fingerprint density at radius 2 is 0.787 bits per heavy atom. The lowest BCUT2D eigenvalue weighted by molar-refractivity contribution is 1.19. The Labute approximate surface area is 273 Å². The predicted molar refractivity (Wildman–Crippen MR) is 198 cm³/mol. The molecule has 0 fully saturated rings. The molecule has 2 heteroatoms. The van der Waals surface area contributed by atoms with Crippen molar-refractivity contribution >= 4 is 49.0 Å². The van der Waals surface area contributed by atoms with Crippen molar-refractivity contribution in [1.82, 2.24) is 4.57 Å². The van der Waals surface area contributed by atoms with Crippen molar-refractivity contribution in [3.63, 3.8) is 0 Å². The van der Waals surface area contributed by atoms with Crippen LogP contribution in [0.15, 0.2) is 170 Å². The monoisotopic (exact) mass is 596 g/mol. The largest absolute Gasteiger partial charge is 0.319 e. The van der Waals surface area contributed by atoms with E-state index < -0.39 is 0 Å². The molecule has 0 spiro atoms. The topological polar surface area (TPSA) is 9.29 Å². The Bertz CT molecular complexity index is 2560. The predicted octanol–water partition coefficient (Wildman–Crippen LogP) is 12.6. The fourth-order valence-corrected chi connectivity index (χ4v) is 7.42. The molecule has 2 nitrogen and oxygen atoms in total. The van der Waals surface area contributed by atoms with E-state index in [2.05, 4.69) is 179 Å². The van der Waals surface area contributed by atoms with Crippen LogP contribution in [0.3, 0.4) is 0 Å². The summed E-state index contributed by atoms with van der Waals surface area (Å²) in [4.78, 5) is 4.15. The number of benzene rings is 8. The van der Waals surface area contributed by atoms with Crippen LogP contribution in [0.2, 0.25) is 0 Å². The van der Waals surface area contributed by atoms with E-state index >= 15 is 0 Å². The summed E-state index contributed by atoms with van der Waals surface area (Å²) < 4.78 is 2.24. The van der Waals surface area contributed by atoms with E-state index in [1.54, 1.807) is 0 Å². The summed E-state index contributed by atoms with van der Waals surface area (Å²) in [6, 6.07) is 60.0. The van der Waals surface area contributed by atoms with Gasteiger partial charge in [-0.05, 0) is 73.1 Å². The smallest absolute Gasteiger partial charge is 0.218 e. The maximum absolute atomic E-state index is 8.35. The number of nitrogens with zero attached hydrogens (tertiary/aromatic N) is 2. The van der Waals surface area contributed by atoms with Crippen LogP contribution >= 0.6 is 0 Å². The van der Waals surface area contributed by atoms with Crippen molar-refractivity contribution in [3.8, 4) is 39.1 Å². The molecule has 1 heterocycles. The van der Waals surface area contributed by atoms with Crippen LogP contribution in [0.5, 0.6) is 0 Å². The minimum absolute atomic E-state index is 0.648. The molecule has 9 aromatic rings. The second kappa shape index (κ2) is 10.9. The Kier molecular flexibility index (Phi) is 6.23. The van der Waals surface area contributed by atoms with Crippen LogP contribution < -0.4 is 0 Å². The van der Waals surface area contributed by atoms with Crippen LogP contribution in [0, 0.1) is 6.57 Å². The molecule has 218 valence electrons. The second-order valence-electron chi connectivity index (χ2n) is 11.9. The van der Waals surface area contributed by atoms with Gasteiger partial charge in [0, 0.05) is 10.8 Å². The molecule has 0 bridgehead atoms. The van der Waals surface area contributed by atoms with Gasteiger partial charge in [-0.25, -0.2) is 4.85 Å². The first-order valence-corrected chi connectivity index (χ1v) is 15.9. The summed E-state index contributed by atoms with van der Waals surface area (Å²) in [6.07, 6.45) is 0. The number of aromatic nitrogens is 1. The van der Waals surface area contributed by atoms with Gasteiger partial charge in [-0.15, -0.1) is 0 Å². The number of rotatable bonds is 4. The average molecular weight is 597 g/mol. The molecule has 0 amide bonds. The molecule has 0 saturated carbocycles. The molecule has 0 aliphatic carbocycles. The minimum Gasteiger partial charge on any atom is -0.319 e. The zero-order valence-corrected chi connectivity index (χ0v) is 25.6. The maximum atomic E-state index is 8.35. The van der Waals surface area contributed by atoms with Crippen LogP contribution in [-0.4, -0.2) is 4.57 Å². The van der Waals surface area contributed by atoms with E-state index in [1.165, 1.54) is 49.0 Å². The highest BCUT2D eigenvalue weighted by atomic mass is 15.0. The van der Waals surface area contributed by atoms with Gasteiger partial charge in [-0.1, -0.05) is 152 Å². The molecule has 0 aliphatic rings. The highest BCUT2D eigenvalue weighted by Gasteiger charge is 2.19. The molecular weight excluding hydrogens is 569 g/mol. The zero-order chi connectivity index (χ0) is 31.3. The summed E-state index contributed by atoms with van der Waals surface area (Å²) in [5.41, 5.74) is 10.6. The van der Waals surface area contributed by atoms with Crippen molar-refractivity contribution in [3.05, 3.63) is 181 Å². The molecule has 47 heavy (non-hydrogen) atoms. The van der Waals surface area contributed by atoms with Gasteiger partial charge in [-0.3, -0.25) is 0 Å². The Balaban J connectivity index is 1.23. The molecular formula is C45H28N2. The first-order chi connectivity index (χ1) is 23.3. The molecule has 0 N–H and O–H groups in total. The summed E-state index contributed by atoms with van der Waals surface area (Å²) >= 11 is 0. The van der Waals surface area contributed by atoms with E-state index in [1.807, 2.05) is 0 Å². The highest BCUT2D eigenvalue weighted by molar-refractivity contribution is 6.21. The molecule has 9 rings (SSSR count). The van der Waals surface area contributed by atoms with Gasteiger partial charge in [0.25, 0.3) is 0 Å². The van der Waals surface area contributed by atoms with Gasteiger partial charge in [-0.2, -0.15) is 0 Å². The normalized spacial score (nSPS) is 11.4. The van der Waals surface area contributed by atoms with Crippen LogP contribution in [0.1, 0.15) is 0 Å². The van der Waals surface area contributed by atoms with Crippen molar-refractivity contribution in [2.45, 2.75) is 0 Å². The van der Waals surface area contributed by atoms with Crippen molar-refractivity contribution in [1.29, 1.82) is 0 Å². The first-order valence-electron chi connectivity index (χ1n) is 15.9. The molecule has 0 aliphatic heterocycles. The molecule has 0 atom stereocenters. The Morgan fingerprint density at radius 1 is 0.362 bits per heavy atom. The van der Waals surface area contributed by atoms with Crippen molar-refractivity contribution < 1.29 is 0 Å². The lowest BCUT2D eigenvalue weighted by atomic mass is 9.85. The lowest BCUT2D eigenvalue weighted by Gasteiger charge is -2.18. The quantitative estimate of drug-likeness (QED) is 0.141. The van der Waals surface area contributed by atoms with Gasteiger partial charge < -0.3 is 4.57 Å². The van der Waals surface area contributed by atoms with E-state index in [0.29, 0.717) is 5.69 Å². The highest BCUT2D eigenvalue weighted by Crippen LogP contribution is 2.45. The summed E-state index contributed by atoms with van der Waals surface area (Å²) in [6.45, 7) is 8.35. The molecule has 0 radical (unpaired) electrons. The van der Waals surface area contributed by atoms with Crippen LogP contribution in [0.25, 0.3) is 87.3 Å². The molecule has 0 saturated heterocycles. The van der Waals surface area contributed by atoms with Crippen LogP contribution in [0.4, 0.5) is 5.69 Å². The first kappa shape index (κ1) is 26.9. The third-order valence-corrected chi connectivity index (χ3v) is 9.43. The fourth-order valence-electron chi connectivity index (χ4n) is 7.42. The fraction of sp³-hybridized carbons (Fsp3) is 0. The second-order valence-corrected chi connectivity index (χ2v) is 11.9. The Hall–Kier alpha value is -6.43. The Morgan fingerprint density at radius 3 is 1.30 bits per heavy atom. The van der Waals surface area contributed by atoms with Crippen molar-refractivity contribution in [2.24, 2.45) is 0 Å². The number of fused-ring (bicyclic) bond motifs is 5.